The summed E-state index contributed by atoms with van der Waals surface area (Å²) in [6.45, 7) is 9.87. The number of rotatable bonds is 12. The lowest BCUT2D eigenvalue weighted by Crippen LogP contribution is -2.56. The van der Waals surface area contributed by atoms with E-state index in [2.05, 4.69) is 22.5 Å². The fraction of sp³-hybridized carbons (Fsp3) is 0.538. The Morgan fingerprint density at radius 1 is 1.20 bits per heavy atom. The molecule has 9 nitrogen and oxygen atoms in total. The van der Waals surface area contributed by atoms with Gasteiger partial charge in [0.05, 0.1) is 6.04 Å². The first-order valence-corrected chi connectivity index (χ1v) is 12.1. The van der Waals surface area contributed by atoms with Crippen molar-refractivity contribution in [2.24, 2.45) is 23.7 Å². The van der Waals surface area contributed by atoms with E-state index in [0.717, 1.165) is 18.4 Å². The molecular formula is C26H35N3O6. The van der Waals surface area contributed by atoms with Gasteiger partial charge in [0.15, 0.2) is 6.10 Å². The molecule has 190 valence electrons. The van der Waals surface area contributed by atoms with Crippen LogP contribution in [0.3, 0.4) is 0 Å². The van der Waals surface area contributed by atoms with E-state index in [1.54, 1.807) is 13.0 Å². The molecule has 0 radical (unpaired) electrons. The van der Waals surface area contributed by atoms with Crippen LogP contribution in [0.1, 0.15) is 39.2 Å². The molecule has 3 N–H and O–H groups in total. The van der Waals surface area contributed by atoms with Gasteiger partial charge in [0, 0.05) is 6.54 Å². The molecular weight excluding hydrogens is 450 g/mol. The molecule has 1 aliphatic heterocycles. The molecule has 1 aromatic carbocycles. The fourth-order valence-electron chi connectivity index (χ4n) is 4.24. The minimum atomic E-state index is -0.789. The summed E-state index contributed by atoms with van der Waals surface area (Å²) in [7, 11) is 0. The number of cyclic esters (lactones) is 1. The second-order valence-corrected chi connectivity index (χ2v) is 9.37. The Morgan fingerprint density at radius 2 is 1.91 bits per heavy atom. The van der Waals surface area contributed by atoms with Gasteiger partial charge in [-0.3, -0.25) is 14.4 Å². The van der Waals surface area contributed by atoms with E-state index in [1.807, 2.05) is 44.2 Å². The van der Waals surface area contributed by atoms with Crippen molar-refractivity contribution in [3.63, 3.8) is 0 Å². The topological polar surface area (TPSA) is 123 Å². The van der Waals surface area contributed by atoms with Crippen molar-refractivity contribution in [1.29, 1.82) is 0 Å². The standard InChI is InChI=1S/C26H35N3O6/c1-5-15(3)21-22(35-25(21)32)24(31)27-13-18-12-19(18)20(6-2)29-23(30)16(4)28-26(33)34-14-17-10-8-7-9-11-17/h6-11,15-16,18-22H,2,5,12-14H2,1,3-4H3,(H,27,31)(H,28,33)(H,29,30)/t15-,16-,18+,19-,20+,21-,22+/m0/s1. The smallest absolute Gasteiger partial charge is 0.408 e. The molecule has 3 rings (SSSR count). The van der Waals surface area contributed by atoms with Crippen LogP contribution in [0.15, 0.2) is 43.0 Å². The molecule has 0 spiro atoms. The number of amides is 3. The van der Waals surface area contributed by atoms with Gasteiger partial charge in [-0.15, -0.1) is 6.58 Å². The fourth-order valence-corrected chi connectivity index (χ4v) is 4.24. The van der Waals surface area contributed by atoms with Crippen molar-refractivity contribution in [1.82, 2.24) is 16.0 Å². The number of hydrogen-bond acceptors (Lipinski definition) is 6. The Hall–Kier alpha value is -3.36. The highest BCUT2D eigenvalue weighted by Crippen LogP contribution is 2.41. The van der Waals surface area contributed by atoms with Gasteiger partial charge in [-0.05, 0) is 36.7 Å². The van der Waals surface area contributed by atoms with Crippen LogP contribution in [-0.4, -0.2) is 48.6 Å². The maximum atomic E-state index is 12.6. The average molecular weight is 486 g/mol. The molecule has 2 aliphatic rings. The summed E-state index contributed by atoms with van der Waals surface area (Å²) in [5, 5.41) is 8.31. The van der Waals surface area contributed by atoms with E-state index < -0.39 is 18.2 Å². The molecule has 1 saturated carbocycles. The van der Waals surface area contributed by atoms with Crippen LogP contribution in [0.2, 0.25) is 0 Å². The van der Waals surface area contributed by atoms with Crippen LogP contribution in [0.4, 0.5) is 4.79 Å². The first-order valence-electron chi connectivity index (χ1n) is 12.1. The molecule has 1 heterocycles. The Labute approximate surface area is 206 Å². The van der Waals surface area contributed by atoms with Crippen molar-refractivity contribution in [2.75, 3.05) is 6.54 Å². The zero-order valence-electron chi connectivity index (χ0n) is 20.5. The molecule has 0 aromatic heterocycles. The van der Waals surface area contributed by atoms with Gasteiger partial charge < -0.3 is 25.4 Å². The lowest BCUT2D eigenvalue weighted by Gasteiger charge is -2.37. The highest BCUT2D eigenvalue weighted by molar-refractivity contribution is 5.94. The van der Waals surface area contributed by atoms with Gasteiger partial charge in [0.2, 0.25) is 5.91 Å². The summed E-state index contributed by atoms with van der Waals surface area (Å²) in [5.41, 5.74) is 0.851. The third kappa shape index (κ3) is 6.83. The predicted octanol–water partition coefficient (Wildman–Crippen LogP) is 2.31. The Bertz CT molecular complexity index is 936. The van der Waals surface area contributed by atoms with Gasteiger partial charge in [-0.25, -0.2) is 4.79 Å². The van der Waals surface area contributed by atoms with E-state index in [1.165, 1.54) is 0 Å². The van der Waals surface area contributed by atoms with E-state index in [4.69, 9.17) is 9.47 Å². The molecule has 0 bridgehead atoms. The second kappa shape index (κ2) is 11.9. The zero-order valence-corrected chi connectivity index (χ0v) is 20.5. The summed E-state index contributed by atoms with van der Waals surface area (Å²) in [6.07, 6.45) is 1.88. The molecule has 35 heavy (non-hydrogen) atoms. The minimum Gasteiger partial charge on any atom is -0.451 e. The number of esters is 1. The summed E-state index contributed by atoms with van der Waals surface area (Å²) in [6, 6.07) is 8.18. The van der Waals surface area contributed by atoms with Gasteiger partial charge in [-0.2, -0.15) is 0 Å². The van der Waals surface area contributed by atoms with Crippen LogP contribution in [0.5, 0.6) is 0 Å². The van der Waals surface area contributed by atoms with Gasteiger partial charge >= 0.3 is 12.1 Å². The molecule has 9 heteroatoms. The number of ether oxygens (including phenoxy) is 2. The monoisotopic (exact) mass is 485 g/mol. The lowest BCUT2D eigenvalue weighted by molar-refractivity contribution is -0.193. The van der Waals surface area contributed by atoms with E-state index >= 15 is 0 Å². The number of hydrogen-bond donors (Lipinski definition) is 3. The van der Waals surface area contributed by atoms with Crippen LogP contribution in [0, 0.1) is 23.7 Å². The quantitative estimate of drug-likeness (QED) is 0.308. The number of carbonyl (C=O) groups excluding carboxylic acids is 4. The summed E-state index contributed by atoms with van der Waals surface area (Å²) in [5.74, 6) is -0.922. The minimum absolute atomic E-state index is 0.0900. The lowest BCUT2D eigenvalue weighted by atomic mass is 9.83. The number of carbonyl (C=O) groups is 4. The van der Waals surface area contributed by atoms with Crippen LogP contribution < -0.4 is 16.0 Å². The second-order valence-electron chi connectivity index (χ2n) is 9.37. The molecule has 2 fully saturated rings. The molecule has 1 saturated heterocycles. The number of nitrogens with one attached hydrogen (secondary N) is 3. The van der Waals surface area contributed by atoms with Crippen LogP contribution in [-0.2, 0) is 30.5 Å². The third-order valence-corrected chi connectivity index (χ3v) is 6.84. The third-order valence-electron chi connectivity index (χ3n) is 6.84. The SMILES string of the molecule is C=C[C@@H](NC(=O)[C@H](C)NC(=O)OCc1ccccc1)[C@H]1C[C@@H]1CNC(=O)[C@@H]1OC(=O)[C@H]1[C@@H](C)CC. The molecule has 7 atom stereocenters. The number of benzene rings is 1. The van der Waals surface area contributed by atoms with Gasteiger partial charge in [0.1, 0.15) is 18.6 Å². The van der Waals surface area contributed by atoms with Crippen molar-refractivity contribution in [3.8, 4) is 0 Å². The van der Waals surface area contributed by atoms with Crippen LogP contribution >= 0.6 is 0 Å². The summed E-state index contributed by atoms with van der Waals surface area (Å²) < 4.78 is 10.2. The highest BCUT2D eigenvalue weighted by Gasteiger charge is 2.50. The Balaban J connectivity index is 1.38. The number of alkyl carbamates (subject to hydrolysis) is 1. The van der Waals surface area contributed by atoms with Crippen molar-refractivity contribution in [3.05, 3.63) is 48.6 Å². The average Bonchev–Trinajstić information content (AvgIpc) is 3.62. The molecule has 3 amide bonds. The van der Waals surface area contributed by atoms with Crippen molar-refractivity contribution in [2.45, 2.75) is 58.4 Å². The first kappa shape index (κ1) is 26.2. The zero-order chi connectivity index (χ0) is 25.5. The van der Waals surface area contributed by atoms with Gasteiger partial charge in [0.25, 0.3) is 5.91 Å². The van der Waals surface area contributed by atoms with Gasteiger partial charge in [-0.1, -0.05) is 56.7 Å². The largest absolute Gasteiger partial charge is 0.451 e. The highest BCUT2D eigenvalue weighted by atomic mass is 16.6. The maximum absolute atomic E-state index is 12.6. The van der Waals surface area contributed by atoms with E-state index in [9.17, 15) is 19.2 Å². The summed E-state index contributed by atoms with van der Waals surface area (Å²) >= 11 is 0. The van der Waals surface area contributed by atoms with E-state index in [-0.39, 0.29) is 54.1 Å². The molecule has 1 aliphatic carbocycles. The summed E-state index contributed by atoms with van der Waals surface area (Å²) in [4.78, 5) is 48.8. The first-order chi connectivity index (χ1) is 16.7. The predicted molar refractivity (Wildman–Crippen MR) is 129 cm³/mol. The van der Waals surface area contributed by atoms with Crippen LogP contribution in [0.25, 0.3) is 0 Å². The maximum Gasteiger partial charge on any atom is 0.408 e. The van der Waals surface area contributed by atoms with E-state index in [0.29, 0.717) is 6.54 Å². The Morgan fingerprint density at radius 3 is 2.54 bits per heavy atom. The molecule has 1 aromatic rings. The van der Waals surface area contributed by atoms with Crippen molar-refractivity contribution < 1.29 is 28.7 Å². The molecule has 0 unspecified atom stereocenters. The Kier molecular flexibility index (Phi) is 8.89. The normalized spacial score (nSPS) is 25.1. The van der Waals surface area contributed by atoms with Crippen molar-refractivity contribution >= 4 is 23.9 Å².